The lowest BCUT2D eigenvalue weighted by molar-refractivity contribution is 0.131. The van der Waals surface area contributed by atoms with Gasteiger partial charge in [-0.3, -0.25) is 0 Å². The van der Waals surface area contributed by atoms with Gasteiger partial charge < -0.3 is 4.74 Å². The number of hydrogen-bond donors (Lipinski definition) is 0. The van der Waals surface area contributed by atoms with Gasteiger partial charge in [0.25, 0.3) is 0 Å². The number of ether oxygens (including phenoxy) is 1. The molecule has 0 aliphatic rings. The van der Waals surface area contributed by atoms with Gasteiger partial charge in [0, 0.05) is 5.88 Å². The fourth-order valence-corrected chi connectivity index (χ4v) is 0.944. The van der Waals surface area contributed by atoms with Crippen LogP contribution in [0.1, 0.15) is 6.42 Å². The van der Waals surface area contributed by atoms with E-state index in [1.807, 2.05) is 6.08 Å². The smallest absolute Gasteiger partial charge is 0.0644 e. The molecule has 0 N–H and O–H groups in total. The third-order valence-electron chi connectivity index (χ3n) is 1.31. The normalized spacial score (nSPS) is 12.5. The van der Waals surface area contributed by atoms with Crippen LogP contribution in [0.5, 0.6) is 0 Å². The number of rotatable bonds is 7. The topological polar surface area (TPSA) is 9.23 Å². The molecule has 0 rings (SSSR count). The van der Waals surface area contributed by atoms with E-state index in [1.54, 1.807) is 6.08 Å². The fourth-order valence-electron chi connectivity index (χ4n) is 0.729. The molecule has 0 aromatic heterocycles. The summed E-state index contributed by atoms with van der Waals surface area (Å²) in [4.78, 5) is 0. The summed E-state index contributed by atoms with van der Waals surface area (Å²) in [6, 6.07) is 0. The van der Waals surface area contributed by atoms with E-state index in [9.17, 15) is 0 Å². The van der Waals surface area contributed by atoms with Gasteiger partial charge in [0.15, 0.2) is 0 Å². The zero-order valence-electron chi connectivity index (χ0n) is 6.76. The lowest BCUT2D eigenvalue weighted by Crippen LogP contribution is -2.10. The quantitative estimate of drug-likeness (QED) is 0.328. The van der Waals surface area contributed by atoms with Crippen molar-refractivity contribution in [3.63, 3.8) is 0 Å². The Morgan fingerprint density at radius 3 is 2.55 bits per heavy atom. The zero-order chi connectivity index (χ0) is 8.53. The monoisotopic (exact) mass is 174 g/mol. The number of hydrogen-bond acceptors (Lipinski definition) is 1. The van der Waals surface area contributed by atoms with Crippen LogP contribution in [-0.2, 0) is 4.74 Å². The summed E-state index contributed by atoms with van der Waals surface area (Å²) in [7, 11) is 0. The molecule has 0 radical (unpaired) electrons. The van der Waals surface area contributed by atoms with Crippen LogP contribution >= 0.6 is 11.6 Å². The van der Waals surface area contributed by atoms with Crippen LogP contribution in [-0.4, -0.2) is 19.1 Å². The van der Waals surface area contributed by atoms with Gasteiger partial charge in [-0.1, -0.05) is 12.2 Å². The molecule has 2 heteroatoms. The predicted octanol–water partition coefficient (Wildman–Crippen LogP) is 2.62. The Balaban J connectivity index is 3.34. The highest BCUT2D eigenvalue weighted by atomic mass is 35.5. The Kier molecular flexibility index (Phi) is 7.64. The van der Waals surface area contributed by atoms with Crippen molar-refractivity contribution in [3.05, 3.63) is 25.3 Å². The second kappa shape index (κ2) is 7.83. The summed E-state index contributed by atoms with van der Waals surface area (Å²) in [5.74, 6) is 1.03. The average Bonchev–Trinajstić information content (AvgIpc) is 2.03. The maximum Gasteiger partial charge on any atom is 0.0644 e. The molecule has 0 saturated heterocycles. The van der Waals surface area contributed by atoms with Gasteiger partial charge in [0.2, 0.25) is 0 Å². The van der Waals surface area contributed by atoms with Gasteiger partial charge in [0.05, 0.1) is 13.2 Å². The summed E-state index contributed by atoms with van der Waals surface area (Å²) in [5, 5.41) is 0. The molecule has 1 nitrogen and oxygen atoms in total. The van der Waals surface area contributed by atoms with E-state index >= 15 is 0 Å². The van der Waals surface area contributed by atoms with Gasteiger partial charge in [-0.2, -0.15) is 0 Å². The van der Waals surface area contributed by atoms with Crippen LogP contribution in [0.4, 0.5) is 0 Å². The molecule has 0 aliphatic carbocycles. The Labute approximate surface area is 73.7 Å². The second-order valence-electron chi connectivity index (χ2n) is 2.37. The van der Waals surface area contributed by atoms with Crippen molar-refractivity contribution in [1.82, 2.24) is 0 Å². The molecule has 0 aromatic rings. The van der Waals surface area contributed by atoms with Crippen molar-refractivity contribution in [3.8, 4) is 0 Å². The Morgan fingerprint density at radius 1 is 1.36 bits per heavy atom. The van der Waals surface area contributed by atoms with Crippen LogP contribution < -0.4 is 0 Å². The van der Waals surface area contributed by atoms with E-state index in [2.05, 4.69) is 13.2 Å². The van der Waals surface area contributed by atoms with E-state index in [4.69, 9.17) is 16.3 Å². The highest BCUT2D eigenvalue weighted by Gasteiger charge is 2.03. The van der Waals surface area contributed by atoms with Gasteiger partial charge >= 0.3 is 0 Å². The summed E-state index contributed by atoms with van der Waals surface area (Å²) >= 11 is 5.67. The predicted molar refractivity (Wildman–Crippen MR) is 50.0 cm³/mol. The lowest BCUT2D eigenvalue weighted by atomic mass is 10.1. The molecular weight excluding hydrogens is 160 g/mol. The van der Waals surface area contributed by atoms with Gasteiger partial charge in [-0.25, -0.2) is 0 Å². The molecule has 0 aliphatic heterocycles. The second-order valence-corrected chi connectivity index (χ2v) is 2.68. The average molecular weight is 175 g/mol. The SMILES string of the molecule is C=CCOCC(CCl)CC=C. The minimum atomic E-state index is 0.397. The van der Waals surface area contributed by atoms with E-state index in [0.717, 1.165) is 6.42 Å². The summed E-state index contributed by atoms with van der Waals surface area (Å²) < 4.78 is 5.24. The molecule has 1 unspecified atom stereocenters. The molecule has 1 atom stereocenters. The van der Waals surface area contributed by atoms with Crippen LogP contribution in [0.25, 0.3) is 0 Å². The molecule has 0 saturated carbocycles. The minimum absolute atomic E-state index is 0.397. The van der Waals surface area contributed by atoms with Gasteiger partial charge in [-0.15, -0.1) is 24.8 Å². The van der Waals surface area contributed by atoms with E-state index in [0.29, 0.717) is 25.0 Å². The Bertz CT molecular complexity index is 112. The first-order chi connectivity index (χ1) is 5.35. The highest BCUT2D eigenvalue weighted by Crippen LogP contribution is 2.06. The van der Waals surface area contributed by atoms with E-state index in [-0.39, 0.29) is 0 Å². The van der Waals surface area contributed by atoms with Crippen molar-refractivity contribution in [2.75, 3.05) is 19.1 Å². The first-order valence-corrected chi connectivity index (χ1v) is 4.24. The molecule has 0 heterocycles. The van der Waals surface area contributed by atoms with Crippen molar-refractivity contribution >= 4 is 11.6 Å². The van der Waals surface area contributed by atoms with E-state index < -0.39 is 0 Å². The highest BCUT2D eigenvalue weighted by molar-refractivity contribution is 6.18. The first-order valence-electron chi connectivity index (χ1n) is 3.70. The van der Waals surface area contributed by atoms with Crippen LogP contribution in [0, 0.1) is 5.92 Å². The number of alkyl halides is 1. The van der Waals surface area contributed by atoms with Crippen LogP contribution in [0.15, 0.2) is 25.3 Å². The molecular formula is C9H15ClO. The van der Waals surface area contributed by atoms with Crippen molar-refractivity contribution < 1.29 is 4.74 Å². The summed E-state index contributed by atoms with van der Waals surface area (Å²) in [6.45, 7) is 8.49. The number of allylic oxidation sites excluding steroid dienone is 1. The molecule has 64 valence electrons. The van der Waals surface area contributed by atoms with E-state index in [1.165, 1.54) is 0 Å². The minimum Gasteiger partial charge on any atom is -0.377 e. The van der Waals surface area contributed by atoms with Crippen molar-refractivity contribution in [2.24, 2.45) is 5.92 Å². The molecule has 0 fully saturated rings. The lowest BCUT2D eigenvalue weighted by Gasteiger charge is -2.10. The summed E-state index contributed by atoms with van der Waals surface area (Å²) in [5.41, 5.74) is 0. The van der Waals surface area contributed by atoms with Crippen LogP contribution in [0.2, 0.25) is 0 Å². The standard InChI is InChI=1S/C9H15ClO/c1-3-5-9(7-10)8-11-6-4-2/h3-4,9H,1-2,5-8H2. The van der Waals surface area contributed by atoms with Gasteiger partial charge in [0.1, 0.15) is 0 Å². The maximum absolute atomic E-state index is 5.67. The zero-order valence-corrected chi connectivity index (χ0v) is 7.52. The first kappa shape index (κ1) is 10.7. The molecule has 0 aromatic carbocycles. The Morgan fingerprint density at radius 2 is 2.09 bits per heavy atom. The molecule has 0 amide bonds. The van der Waals surface area contributed by atoms with Crippen molar-refractivity contribution in [2.45, 2.75) is 6.42 Å². The van der Waals surface area contributed by atoms with Crippen molar-refractivity contribution in [1.29, 1.82) is 0 Å². The van der Waals surface area contributed by atoms with Gasteiger partial charge in [-0.05, 0) is 12.3 Å². The third kappa shape index (κ3) is 6.14. The number of halogens is 1. The summed E-state index contributed by atoms with van der Waals surface area (Å²) in [6.07, 6.45) is 4.52. The fraction of sp³-hybridized carbons (Fsp3) is 0.556. The molecule has 0 bridgehead atoms. The molecule has 0 spiro atoms. The maximum atomic E-state index is 5.67. The molecule has 11 heavy (non-hydrogen) atoms. The third-order valence-corrected chi connectivity index (χ3v) is 1.74. The largest absolute Gasteiger partial charge is 0.377 e. The Hall–Kier alpha value is -0.270. The van der Waals surface area contributed by atoms with Crippen LogP contribution in [0.3, 0.4) is 0 Å².